The summed E-state index contributed by atoms with van der Waals surface area (Å²) in [6, 6.07) is 10.5. The molecule has 2 saturated carbocycles. The van der Waals surface area contributed by atoms with E-state index in [1.165, 1.54) is 37.7 Å². The number of benzene rings is 1. The van der Waals surface area contributed by atoms with Crippen molar-refractivity contribution in [1.82, 2.24) is 0 Å². The van der Waals surface area contributed by atoms with Crippen molar-refractivity contribution in [3.05, 3.63) is 35.9 Å². The Bertz CT molecular complexity index is 462. The lowest BCUT2D eigenvalue weighted by atomic mass is 9.82. The molecule has 0 bridgehead atoms. The van der Waals surface area contributed by atoms with Gasteiger partial charge in [-0.05, 0) is 43.6 Å². The van der Waals surface area contributed by atoms with Gasteiger partial charge in [-0.15, -0.1) is 0 Å². The highest BCUT2D eigenvalue weighted by molar-refractivity contribution is 5.89. The van der Waals surface area contributed by atoms with Gasteiger partial charge in [-0.25, -0.2) is 0 Å². The van der Waals surface area contributed by atoms with Crippen molar-refractivity contribution in [1.29, 1.82) is 0 Å². The first-order valence-electron chi connectivity index (χ1n) is 8.51. The van der Waals surface area contributed by atoms with Crippen molar-refractivity contribution in [3.8, 4) is 0 Å². The fourth-order valence-electron chi connectivity index (χ4n) is 3.86. The predicted molar refractivity (Wildman–Crippen MR) is 84.3 cm³/mol. The molecule has 0 spiro atoms. The monoisotopic (exact) mass is 286 g/mol. The molecule has 2 nitrogen and oxygen atoms in total. The molecule has 0 amide bonds. The van der Waals surface area contributed by atoms with Crippen LogP contribution in [0.25, 0.3) is 0 Å². The van der Waals surface area contributed by atoms with E-state index in [0.29, 0.717) is 24.2 Å². The summed E-state index contributed by atoms with van der Waals surface area (Å²) >= 11 is 0. The molecular weight excluding hydrogens is 260 g/mol. The van der Waals surface area contributed by atoms with Crippen molar-refractivity contribution in [2.75, 3.05) is 6.61 Å². The van der Waals surface area contributed by atoms with Crippen LogP contribution in [0.5, 0.6) is 0 Å². The highest BCUT2D eigenvalue weighted by atomic mass is 16.5. The number of ketones is 1. The summed E-state index contributed by atoms with van der Waals surface area (Å²) in [6.45, 7) is 2.65. The number of hydrogen-bond acceptors (Lipinski definition) is 2. The number of carbonyl (C=O) groups is 1. The normalized spacial score (nSPS) is 27.3. The van der Waals surface area contributed by atoms with Crippen molar-refractivity contribution < 1.29 is 9.53 Å². The first-order chi connectivity index (χ1) is 10.3. The van der Waals surface area contributed by atoms with Crippen LogP contribution in [0.4, 0.5) is 0 Å². The third-order valence-electron chi connectivity index (χ3n) is 5.09. The van der Waals surface area contributed by atoms with Crippen LogP contribution in [0.2, 0.25) is 0 Å². The lowest BCUT2D eigenvalue weighted by Crippen LogP contribution is -2.35. The summed E-state index contributed by atoms with van der Waals surface area (Å²) in [5, 5.41) is 0. The molecule has 0 radical (unpaired) electrons. The van der Waals surface area contributed by atoms with Gasteiger partial charge in [-0.2, -0.15) is 0 Å². The molecule has 2 heteroatoms. The average Bonchev–Trinajstić information content (AvgIpc) is 3.34. The number of ether oxygens (including phenoxy) is 1. The minimum absolute atomic E-state index is 0.144. The van der Waals surface area contributed by atoms with E-state index in [1.807, 2.05) is 13.0 Å². The lowest BCUT2D eigenvalue weighted by molar-refractivity contribution is -0.136. The molecule has 0 aliphatic heterocycles. The molecule has 0 N–H and O–H groups in total. The zero-order valence-electron chi connectivity index (χ0n) is 13.0. The van der Waals surface area contributed by atoms with Crippen molar-refractivity contribution >= 4 is 5.78 Å². The summed E-state index contributed by atoms with van der Waals surface area (Å²) in [6.07, 6.45) is 7.04. The summed E-state index contributed by atoms with van der Waals surface area (Å²) in [5.41, 5.74) is 1.31. The van der Waals surface area contributed by atoms with Gasteiger partial charge in [0.2, 0.25) is 0 Å². The number of carbonyl (C=O) groups excluding carboxylic acids is 1. The van der Waals surface area contributed by atoms with Gasteiger partial charge in [0.05, 0.1) is 0 Å². The van der Waals surface area contributed by atoms with Crippen LogP contribution in [0.15, 0.2) is 30.3 Å². The topological polar surface area (TPSA) is 26.3 Å². The van der Waals surface area contributed by atoms with Crippen LogP contribution in [-0.2, 0) is 9.53 Å². The maximum absolute atomic E-state index is 12.9. The summed E-state index contributed by atoms with van der Waals surface area (Å²) in [7, 11) is 0. The smallest absolute Gasteiger partial charge is 0.165 e. The standard InChI is InChI=1S/C19H26O2/c1-2-21-19(15-11-7-4-8-12-15)18(20)17-13-16(17)14-9-5-3-6-10-14/h3,5-6,9-10,15-17,19H,2,4,7-8,11-13H2,1H3. The average molecular weight is 286 g/mol. The second-order valence-corrected chi connectivity index (χ2v) is 6.54. The Morgan fingerprint density at radius 2 is 1.90 bits per heavy atom. The van der Waals surface area contributed by atoms with E-state index in [0.717, 1.165) is 6.42 Å². The number of rotatable bonds is 6. The quantitative estimate of drug-likeness (QED) is 0.777. The van der Waals surface area contributed by atoms with E-state index in [4.69, 9.17) is 4.74 Å². The van der Waals surface area contributed by atoms with Gasteiger partial charge < -0.3 is 4.74 Å². The maximum atomic E-state index is 12.9. The van der Waals surface area contributed by atoms with E-state index in [2.05, 4.69) is 24.3 Å². The molecule has 114 valence electrons. The minimum atomic E-state index is -0.144. The Morgan fingerprint density at radius 3 is 2.57 bits per heavy atom. The first kappa shape index (κ1) is 14.8. The highest BCUT2D eigenvalue weighted by Crippen LogP contribution is 2.49. The van der Waals surface area contributed by atoms with E-state index >= 15 is 0 Å². The van der Waals surface area contributed by atoms with Crippen molar-refractivity contribution in [2.24, 2.45) is 11.8 Å². The van der Waals surface area contributed by atoms with Crippen LogP contribution >= 0.6 is 0 Å². The van der Waals surface area contributed by atoms with Crippen molar-refractivity contribution in [2.45, 2.75) is 57.5 Å². The lowest BCUT2D eigenvalue weighted by Gasteiger charge is -2.29. The molecule has 2 fully saturated rings. The Hall–Kier alpha value is -1.15. The summed E-state index contributed by atoms with van der Waals surface area (Å²) in [5.74, 6) is 1.47. The summed E-state index contributed by atoms with van der Waals surface area (Å²) in [4.78, 5) is 12.9. The summed E-state index contributed by atoms with van der Waals surface area (Å²) < 4.78 is 5.88. The second kappa shape index (κ2) is 6.74. The Kier molecular flexibility index (Phi) is 4.74. The molecule has 21 heavy (non-hydrogen) atoms. The Morgan fingerprint density at radius 1 is 1.19 bits per heavy atom. The van der Waals surface area contributed by atoms with Crippen LogP contribution in [0, 0.1) is 11.8 Å². The number of hydrogen-bond donors (Lipinski definition) is 0. The zero-order chi connectivity index (χ0) is 14.7. The van der Waals surface area contributed by atoms with Gasteiger partial charge in [-0.3, -0.25) is 4.79 Å². The first-order valence-corrected chi connectivity index (χ1v) is 8.51. The van der Waals surface area contributed by atoms with Gasteiger partial charge in [0, 0.05) is 12.5 Å². The molecule has 2 aliphatic carbocycles. The van der Waals surface area contributed by atoms with Crippen LogP contribution in [0.1, 0.15) is 56.9 Å². The fraction of sp³-hybridized carbons (Fsp3) is 0.632. The number of Topliss-reactive ketones (excluding diaryl/α,β-unsaturated/α-hetero) is 1. The zero-order valence-corrected chi connectivity index (χ0v) is 13.0. The van der Waals surface area contributed by atoms with Crippen LogP contribution in [0.3, 0.4) is 0 Å². The molecule has 0 saturated heterocycles. The molecule has 1 aromatic rings. The van der Waals surface area contributed by atoms with Crippen molar-refractivity contribution in [3.63, 3.8) is 0 Å². The minimum Gasteiger partial charge on any atom is -0.370 e. The highest BCUT2D eigenvalue weighted by Gasteiger charge is 2.47. The molecule has 2 aliphatic rings. The van der Waals surface area contributed by atoms with E-state index in [-0.39, 0.29) is 12.0 Å². The largest absolute Gasteiger partial charge is 0.370 e. The van der Waals surface area contributed by atoms with Gasteiger partial charge in [0.15, 0.2) is 5.78 Å². The van der Waals surface area contributed by atoms with E-state index in [1.54, 1.807) is 0 Å². The molecule has 3 unspecified atom stereocenters. The van der Waals surface area contributed by atoms with E-state index < -0.39 is 0 Å². The fourth-order valence-corrected chi connectivity index (χ4v) is 3.86. The Labute approximate surface area is 127 Å². The van der Waals surface area contributed by atoms with Gasteiger partial charge in [0.25, 0.3) is 0 Å². The Balaban J connectivity index is 1.65. The van der Waals surface area contributed by atoms with Gasteiger partial charge in [0.1, 0.15) is 6.10 Å². The van der Waals surface area contributed by atoms with Gasteiger partial charge in [-0.1, -0.05) is 49.6 Å². The molecular formula is C19H26O2. The van der Waals surface area contributed by atoms with Crippen LogP contribution < -0.4 is 0 Å². The third kappa shape index (κ3) is 3.37. The molecule has 0 aromatic heterocycles. The second-order valence-electron chi connectivity index (χ2n) is 6.54. The van der Waals surface area contributed by atoms with E-state index in [9.17, 15) is 4.79 Å². The van der Waals surface area contributed by atoms with Crippen LogP contribution in [-0.4, -0.2) is 18.5 Å². The molecule has 0 heterocycles. The molecule has 3 atom stereocenters. The SMILES string of the molecule is CCOC(C(=O)C1CC1c1ccccc1)C1CCCCC1. The molecule has 1 aromatic carbocycles. The maximum Gasteiger partial charge on any atom is 0.165 e. The predicted octanol–water partition coefficient (Wildman–Crippen LogP) is 4.34. The third-order valence-corrected chi connectivity index (χ3v) is 5.09. The van der Waals surface area contributed by atoms with Gasteiger partial charge >= 0.3 is 0 Å². The molecule has 3 rings (SSSR count).